The Morgan fingerprint density at radius 2 is 2.19 bits per heavy atom. The lowest BCUT2D eigenvalue weighted by Gasteiger charge is -2.25. The summed E-state index contributed by atoms with van der Waals surface area (Å²) in [6.45, 7) is 5.06. The number of aryl methyl sites for hydroxylation is 2. The Balaban J connectivity index is 2.06. The van der Waals surface area contributed by atoms with Crippen LogP contribution in [0, 0.1) is 25.2 Å². The first-order chi connectivity index (χ1) is 10.0. The van der Waals surface area contributed by atoms with Crippen LogP contribution in [0.15, 0.2) is 0 Å². The van der Waals surface area contributed by atoms with E-state index in [1.807, 2.05) is 18.7 Å². The summed E-state index contributed by atoms with van der Waals surface area (Å²) in [6.07, 6.45) is 2.16. The molecule has 3 heterocycles. The molecule has 1 fully saturated rings. The molecule has 0 amide bonds. The van der Waals surface area contributed by atoms with Crippen LogP contribution >= 0.6 is 23.1 Å². The molecule has 1 aliphatic heterocycles. The van der Waals surface area contributed by atoms with Gasteiger partial charge in [0.05, 0.1) is 11.7 Å². The topological polar surface area (TPSA) is 57.7 Å². The van der Waals surface area contributed by atoms with Crippen molar-refractivity contribution in [2.24, 2.45) is 7.05 Å². The van der Waals surface area contributed by atoms with E-state index in [4.69, 9.17) is 11.6 Å². The molecule has 21 heavy (non-hydrogen) atoms. The van der Waals surface area contributed by atoms with Crippen molar-refractivity contribution in [1.82, 2.24) is 14.2 Å². The van der Waals surface area contributed by atoms with Crippen LogP contribution in [0.3, 0.4) is 0 Å². The fourth-order valence-corrected chi connectivity index (χ4v) is 4.24. The zero-order valence-corrected chi connectivity index (χ0v) is 13.8. The van der Waals surface area contributed by atoms with Gasteiger partial charge in [-0.1, -0.05) is 11.6 Å². The maximum Gasteiger partial charge on any atom is 0.162 e. The number of anilines is 1. The SMILES string of the molecule is Cc1nn(C)c(C)c1C1CCCN1c1snc(Cl)c1C#N. The minimum Gasteiger partial charge on any atom is -0.354 e. The molecule has 5 nitrogen and oxygen atoms in total. The molecule has 7 heteroatoms. The minimum absolute atomic E-state index is 0.252. The predicted octanol–water partition coefficient (Wildman–Crippen LogP) is 3.36. The maximum absolute atomic E-state index is 9.31. The fraction of sp³-hybridized carbons (Fsp3) is 0.500. The van der Waals surface area contributed by atoms with Gasteiger partial charge in [0.1, 0.15) is 16.6 Å². The molecule has 2 aromatic rings. The van der Waals surface area contributed by atoms with Gasteiger partial charge in [0.25, 0.3) is 0 Å². The molecule has 0 N–H and O–H groups in total. The fourth-order valence-electron chi connectivity index (χ4n) is 3.13. The van der Waals surface area contributed by atoms with Crippen molar-refractivity contribution >= 4 is 28.1 Å². The highest BCUT2D eigenvalue weighted by atomic mass is 35.5. The molecule has 1 saturated heterocycles. The zero-order valence-electron chi connectivity index (χ0n) is 12.2. The summed E-state index contributed by atoms with van der Waals surface area (Å²) < 4.78 is 6.05. The average Bonchev–Trinajstić information content (AvgIpc) is 3.10. The Hall–Kier alpha value is -1.58. The van der Waals surface area contributed by atoms with Gasteiger partial charge in [-0.3, -0.25) is 4.68 Å². The van der Waals surface area contributed by atoms with Crippen LogP contribution in [0.1, 0.15) is 41.4 Å². The van der Waals surface area contributed by atoms with Crippen molar-refractivity contribution in [3.05, 3.63) is 27.7 Å². The summed E-state index contributed by atoms with van der Waals surface area (Å²) in [4.78, 5) is 2.26. The Labute approximate surface area is 132 Å². The number of halogens is 1. The van der Waals surface area contributed by atoms with Gasteiger partial charge < -0.3 is 4.90 Å². The molecule has 0 aliphatic carbocycles. The number of hydrogen-bond donors (Lipinski definition) is 0. The summed E-state index contributed by atoms with van der Waals surface area (Å²) >= 11 is 7.33. The van der Waals surface area contributed by atoms with Crippen LogP contribution in [0.4, 0.5) is 5.00 Å². The van der Waals surface area contributed by atoms with Crippen LogP contribution < -0.4 is 4.90 Å². The highest BCUT2D eigenvalue weighted by Crippen LogP contribution is 2.43. The Bertz CT molecular complexity index is 727. The summed E-state index contributed by atoms with van der Waals surface area (Å²) in [5.74, 6) is 0. The minimum atomic E-state index is 0.252. The lowest BCUT2D eigenvalue weighted by atomic mass is 10.0. The third kappa shape index (κ3) is 2.21. The zero-order chi connectivity index (χ0) is 15.1. The molecule has 0 radical (unpaired) electrons. The highest BCUT2D eigenvalue weighted by Gasteiger charge is 2.33. The second kappa shape index (κ2) is 5.32. The lowest BCUT2D eigenvalue weighted by molar-refractivity contribution is 0.701. The third-order valence-corrected chi connectivity index (χ3v) is 5.42. The van der Waals surface area contributed by atoms with E-state index in [1.165, 1.54) is 22.8 Å². The summed E-state index contributed by atoms with van der Waals surface area (Å²) in [6, 6.07) is 2.43. The molecule has 0 spiro atoms. The first-order valence-corrected chi connectivity index (χ1v) is 8.01. The largest absolute Gasteiger partial charge is 0.354 e. The van der Waals surface area contributed by atoms with Crippen LogP contribution in [0.5, 0.6) is 0 Å². The number of rotatable bonds is 2. The van der Waals surface area contributed by atoms with E-state index in [9.17, 15) is 5.26 Å². The second-order valence-corrected chi connectivity index (χ2v) is 6.43. The average molecular weight is 322 g/mol. The van der Waals surface area contributed by atoms with Crippen molar-refractivity contribution in [2.45, 2.75) is 32.7 Å². The van der Waals surface area contributed by atoms with E-state index >= 15 is 0 Å². The van der Waals surface area contributed by atoms with Crippen molar-refractivity contribution in [2.75, 3.05) is 11.4 Å². The second-order valence-electron chi connectivity index (χ2n) is 5.32. The van der Waals surface area contributed by atoms with Crippen molar-refractivity contribution in [3.8, 4) is 6.07 Å². The summed E-state index contributed by atoms with van der Waals surface area (Å²) in [7, 11) is 1.97. The van der Waals surface area contributed by atoms with Gasteiger partial charge in [0, 0.05) is 24.8 Å². The van der Waals surface area contributed by atoms with Crippen LogP contribution in [-0.2, 0) is 7.05 Å². The highest BCUT2D eigenvalue weighted by molar-refractivity contribution is 7.10. The molecule has 1 aliphatic rings. The van der Waals surface area contributed by atoms with E-state index in [0.29, 0.717) is 10.7 Å². The van der Waals surface area contributed by atoms with Crippen LogP contribution in [-0.4, -0.2) is 20.7 Å². The molecule has 0 saturated carbocycles. The van der Waals surface area contributed by atoms with Crippen molar-refractivity contribution in [3.63, 3.8) is 0 Å². The Morgan fingerprint density at radius 1 is 1.43 bits per heavy atom. The van der Waals surface area contributed by atoms with E-state index in [0.717, 1.165) is 30.1 Å². The van der Waals surface area contributed by atoms with Gasteiger partial charge in [-0.15, -0.1) is 0 Å². The monoisotopic (exact) mass is 321 g/mol. The molecule has 1 atom stereocenters. The predicted molar refractivity (Wildman–Crippen MR) is 83.8 cm³/mol. The number of nitriles is 1. The molecule has 0 aromatic carbocycles. The van der Waals surface area contributed by atoms with Gasteiger partial charge >= 0.3 is 0 Å². The summed E-state index contributed by atoms with van der Waals surface area (Å²) in [5.41, 5.74) is 4.00. The summed E-state index contributed by atoms with van der Waals surface area (Å²) in [5, 5.41) is 15.0. The quantitative estimate of drug-likeness (QED) is 0.851. The molecular formula is C14H16ClN5S. The van der Waals surface area contributed by atoms with E-state index in [2.05, 4.69) is 27.4 Å². The standard InChI is InChI=1S/C14H16ClN5S/c1-8-12(9(2)19(3)17-8)11-5-4-6-20(11)14-10(7-16)13(15)18-21-14/h11H,4-6H2,1-3H3. The van der Waals surface area contributed by atoms with E-state index in [-0.39, 0.29) is 6.04 Å². The molecular weight excluding hydrogens is 306 g/mol. The molecule has 110 valence electrons. The van der Waals surface area contributed by atoms with E-state index in [1.54, 1.807) is 0 Å². The third-order valence-electron chi connectivity index (χ3n) is 4.16. The first kappa shape index (κ1) is 14.4. The van der Waals surface area contributed by atoms with Crippen molar-refractivity contribution in [1.29, 1.82) is 5.26 Å². The Morgan fingerprint density at radius 3 is 2.81 bits per heavy atom. The molecule has 0 bridgehead atoms. The van der Waals surface area contributed by atoms with Crippen molar-refractivity contribution < 1.29 is 0 Å². The molecule has 2 aromatic heterocycles. The van der Waals surface area contributed by atoms with Gasteiger partial charge in [-0.05, 0) is 38.2 Å². The van der Waals surface area contributed by atoms with E-state index < -0.39 is 0 Å². The normalized spacial score (nSPS) is 18.2. The van der Waals surface area contributed by atoms with Gasteiger partial charge in [-0.25, -0.2) is 0 Å². The molecule has 1 unspecified atom stereocenters. The van der Waals surface area contributed by atoms with Crippen LogP contribution in [0.25, 0.3) is 0 Å². The lowest BCUT2D eigenvalue weighted by Crippen LogP contribution is -2.23. The number of aromatic nitrogens is 3. The number of hydrogen-bond acceptors (Lipinski definition) is 5. The molecule has 3 rings (SSSR count). The number of nitrogens with zero attached hydrogens (tertiary/aromatic N) is 5. The Kier molecular flexibility index (Phi) is 3.64. The smallest absolute Gasteiger partial charge is 0.162 e. The maximum atomic E-state index is 9.31. The first-order valence-electron chi connectivity index (χ1n) is 6.86. The van der Waals surface area contributed by atoms with Gasteiger partial charge in [-0.2, -0.15) is 14.7 Å². The van der Waals surface area contributed by atoms with Crippen LogP contribution in [0.2, 0.25) is 5.15 Å². The van der Waals surface area contributed by atoms with Gasteiger partial charge in [0.15, 0.2) is 5.15 Å². The van der Waals surface area contributed by atoms with Gasteiger partial charge in [0.2, 0.25) is 0 Å².